The van der Waals surface area contributed by atoms with Gasteiger partial charge in [0.1, 0.15) is 18.4 Å². The number of para-hydroxylation sites is 2. The van der Waals surface area contributed by atoms with Crippen LogP contribution in [0.25, 0.3) is 11.2 Å². The molecule has 3 rings (SSSR count). The van der Waals surface area contributed by atoms with E-state index in [0.717, 1.165) is 0 Å². The summed E-state index contributed by atoms with van der Waals surface area (Å²) in [6.45, 7) is 0.0568. The zero-order valence-corrected chi connectivity index (χ0v) is 11.0. The number of anilines is 3. The molecule has 0 aliphatic carbocycles. The van der Waals surface area contributed by atoms with Gasteiger partial charge in [0, 0.05) is 0 Å². The van der Waals surface area contributed by atoms with Crippen molar-refractivity contribution in [1.29, 1.82) is 0 Å². The van der Waals surface area contributed by atoms with Crippen LogP contribution in [0.4, 0.5) is 17.2 Å². The van der Waals surface area contributed by atoms with Crippen LogP contribution in [-0.2, 0) is 11.3 Å². The van der Waals surface area contributed by atoms with Crippen molar-refractivity contribution < 1.29 is 4.79 Å². The molecule has 0 saturated carbocycles. The number of nitrogens with one attached hydrogen (secondary N) is 1. The van der Waals surface area contributed by atoms with Gasteiger partial charge in [0.05, 0.1) is 17.7 Å². The zero-order chi connectivity index (χ0) is 14.8. The number of hydrogen-bond acceptors (Lipinski definition) is 6. The summed E-state index contributed by atoms with van der Waals surface area (Å²) in [6, 6.07) is 7.05. The number of carbonyl (C=O) groups excluding carboxylic acids is 1. The summed E-state index contributed by atoms with van der Waals surface area (Å²) >= 11 is 0. The third-order valence-electron chi connectivity index (χ3n) is 2.98. The topological polar surface area (TPSA) is 125 Å². The van der Waals surface area contributed by atoms with E-state index < -0.39 is 0 Å². The van der Waals surface area contributed by atoms with Crippen molar-refractivity contribution in [2.24, 2.45) is 0 Å². The highest BCUT2D eigenvalue weighted by molar-refractivity contribution is 5.94. The van der Waals surface area contributed by atoms with E-state index in [9.17, 15) is 4.79 Å². The number of fused-ring (bicyclic) bond motifs is 1. The smallest absolute Gasteiger partial charge is 0.244 e. The van der Waals surface area contributed by atoms with Gasteiger partial charge in [-0.1, -0.05) is 12.1 Å². The Labute approximate surface area is 119 Å². The molecule has 21 heavy (non-hydrogen) atoms. The Kier molecular flexibility index (Phi) is 3.11. The average molecular weight is 283 g/mol. The van der Waals surface area contributed by atoms with E-state index in [2.05, 4.69) is 20.3 Å². The Hall–Kier alpha value is -3.16. The van der Waals surface area contributed by atoms with Gasteiger partial charge in [-0.2, -0.15) is 0 Å². The molecule has 0 atom stereocenters. The molecule has 2 heterocycles. The number of nitrogen functional groups attached to an aromatic ring is 2. The minimum atomic E-state index is -0.232. The molecule has 0 aliphatic heterocycles. The standard InChI is InChI=1S/C13H13N7O/c14-8-3-1-2-4-9(8)19-10(21)5-20-7-18-11-12(15)16-6-17-13(11)20/h1-4,6-7H,5,14H2,(H,19,21)(H2,15,16,17). The van der Waals surface area contributed by atoms with E-state index in [1.807, 2.05) is 0 Å². The van der Waals surface area contributed by atoms with Crippen LogP contribution in [0.15, 0.2) is 36.9 Å². The molecular weight excluding hydrogens is 270 g/mol. The molecule has 0 bridgehead atoms. The van der Waals surface area contributed by atoms with Crippen LogP contribution in [0.3, 0.4) is 0 Å². The van der Waals surface area contributed by atoms with Gasteiger partial charge in [-0.15, -0.1) is 0 Å². The van der Waals surface area contributed by atoms with Crippen molar-refractivity contribution in [2.75, 3.05) is 16.8 Å². The van der Waals surface area contributed by atoms with Crippen LogP contribution in [0.5, 0.6) is 0 Å². The van der Waals surface area contributed by atoms with Crippen LogP contribution in [0.1, 0.15) is 0 Å². The number of carbonyl (C=O) groups is 1. The number of amides is 1. The Balaban J connectivity index is 1.81. The molecule has 0 fully saturated rings. The number of hydrogen-bond donors (Lipinski definition) is 3. The molecule has 1 amide bonds. The van der Waals surface area contributed by atoms with E-state index in [1.165, 1.54) is 12.7 Å². The number of nitrogens with zero attached hydrogens (tertiary/aromatic N) is 4. The van der Waals surface area contributed by atoms with Gasteiger partial charge < -0.3 is 21.4 Å². The quantitative estimate of drug-likeness (QED) is 0.605. The summed E-state index contributed by atoms with van der Waals surface area (Å²) in [5.41, 5.74) is 13.5. The second-order valence-corrected chi connectivity index (χ2v) is 4.44. The summed E-state index contributed by atoms with van der Waals surface area (Å²) in [5, 5.41) is 2.74. The average Bonchev–Trinajstić information content (AvgIpc) is 2.86. The van der Waals surface area contributed by atoms with Gasteiger partial charge >= 0.3 is 0 Å². The van der Waals surface area contributed by atoms with E-state index in [4.69, 9.17) is 11.5 Å². The minimum absolute atomic E-state index is 0.0568. The lowest BCUT2D eigenvalue weighted by atomic mass is 10.2. The van der Waals surface area contributed by atoms with Crippen LogP contribution < -0.4 is 16.8 Å². The first-order valence-corrected chi connectivity index (χ1v) is 6.21. The monoisotopic (exact) mass is 283 g/mol. The Morgan fingerprint density at radius 1 is 1.19 bits per heavy atom. The van der Waals surface area contributed by atoms with Crippen LogP contribution in [0.2, 0.25) is 0 Å². The maximum Gasteiger partial charge on any atom is 0.244 e. The molecule has 3 aromatic rings. The number of nitrogens with two attached hydrogens (primary N) is 2. The third kappa shape index (κ3) is 2.46. The fourth-order valence-corrected chi connectivity index (χ4v) is 1.97. The summed E-state index contributed by atoms with van der Waals surface area (Å²) < 4.78 is 1.60. The van der Waals surface area contributed by atoms with Crippen LogP contribution >= 0.6 is 0 Å². The summed E-state index contributed by atoms with van der Waals surface area (Å²) in [6.07, 6.45) is 2.84. The van der Waals surface area contributed by atoms with Crippen molar-refractivity contribution >= 4 is 34.3 Å². The fraction of sp³-hybridized carbons (Fsp3) is 0.0769. The number of rotatable bonds is 3. The van der Waals surface area contributed by atoms with Gasteiger partial charge in [0.25, 0.3) is 0 Å². The Morgan fingerprint density at radius 3 is 2.81 bits per heavy atom. The fourth-order valence-electron chi connectivity index (χ4n) is 1.97. The maximum absolute atomic E-state index is 12.1. The van der Waals surface area contributed by atoms with Crippen molar-refractivity contribution in [3.63, 3.8) is 0 Å². The van der Waals surface area contributed by atoms with E-state index >= 15 is 0 Å². The summed E-state index contributed by atoms with van der Waals surface area (Å²) in [5.74, 6) is 0.0517. The van der Waals surface area contributed by atoms with Crippen molar-refractivity contribution in [3.8, 4) is 0 Å². The largest absolute Gasteiger partial charge is 0.397 e. The summed E-state index contributed by atoms with van der Waals surface area (Å²) in [7, 11) is 0. The third-order valence-corrected chi connectivity index (χ3v) is 2.98. The first-order valence-electron chi connectivity index (χ1n) is 6.21. The first-order chi connectivity index (χ1) is 10.1. The van der Waals surface area contributed by atoms with Gasteiger partial charge in [-0.25, -0.2) is 15.0 Å². The molecule has 106 valence electrons. The zero-order valence-electron chi connectivity index (χ0n) is 11.0. The highest BCUT2D eigenvalue weighted by Crippen LogP contribution is 2.17. The molecule has 2 aromatic heterocycles. The van der Waals surface area contributed by atoms with Gasteiger partial charge in [0.15, 0.2) is 11.5 Å². The normalized spacial score (nSPS) is 10.7. The Morgan fingerprint density at radius 2 is 2.00 bits per heavy atom. The highest BCUT2D eigenvalue weighted by atomic mass is 16.1. The lowest BCUT2D eigenvalue weighted by Gasteiger charge is -2.08. The van der Waals surface area contributed by atoms with Crippen molar-refractivity contribution in [2.45, 2.75) is 6.54 Å². The minimum Gasteiger partial charge on any atom is -0.397 e. The highest BCUT2D eigenvalue weighted by Gasteiger charge is 2.11. The molecule has 0 spiro atoms. The van der Waals surface area contributed by atoms with Crippen LogP contribution in [-0.4, -0.2) is 25.4 Å². The number of benzene rings is 1. The predicted molar refractivity (Wildman–Crippen MR) is 79.2 cm³/mol. The van der Waals surface area contributed by atoms with Crippen LogP contribution in [0, 0.1) is 0 Å². The number of imidazole rings is 1. The SMILES string of the molecule is Nc1ccccc1NC(=O)Cn1cnc2c(N)ncnc21. The van der Waals surface area contributed by atoms with Gasteiger partial charge in [0.2, 0.25) is 5.91 Å². The van der Waals surface area contributed by atoms with E-state index in [1.54, 1.807) is 28.8 Å². The molecule has 0 unspecified atom stereocenters. The summed E-state index contributed by atoms with van der Waals surface area (Å²) in [4.78, 5) is 24.1. The molecule has 8 heteroatoms. The molecule has 0 radical (unpaired) electrons. The maximum atomic E-state index is 12.1. The second-order valence-electron chi connectivity index (χ2n) is 4.44. The lowest BCUT2D eigenvalue weighted by molar-refractivity contribution is -0.116. The van der Waals surface area contributed by atoms with E-state index in [-0.39, 0.29) is 18.3 Å². The lowest BCUT2D eigenvalue weighted by Crippen LogP contribution is -2.19. The molecule has 8 nitrogen and oxygen atoms in total. The molecule has 5 N–H and O–H groups in total. The molecule has 0 aliphatic rings. The van der Waals surface area contributed by atoms with Gasteiger partial charge in [-0.05, 0) is 12.1 Å². The Bertz CT molecular complexity index is 811. The molecule has 1 aromatic carbocycles. The van der Waals surface area contributed by atoms with Gasteiger partial charge in [-0.3, -0.25) is 4.79 Å². The van der Waals surface area contributed by atoms with Crippen molar-refractivity contribution in [1.82, 2.24) is 19.5 Å². The molecule has 0 saturated heterocycles. The first kappa shape index (κ1) is 12.9. The predicted octanol–water partition coefficient (Wildman–Crippen LogP) is 0.629. The molecular formula is C13H13N7O. The van der Waals surface area contributed by atoms with Crippen molar-refractivity contribution in [3.05, 3.63) is 36.9 Å². The van der Waals surface area contributed by atoms with E-state index in [0.29, 0.717) is 22.5 Å². The second kappa shape index (κ2) is 5.08. The number of aromatic nitrogens is 4.